The third kappa shape index (κ3) is 6.25. The molecular formula is C16H22N6O4S2. The number of nitro benzene ring substituents is 1. The summed E-state index contributed by atoms with van der Waals surface area (Å²) < 4.78 is 26.9. The smallest absolute Gasteiger partial charge is 0.270 e. The minimum Gasteiger partial charge on any atom is -0.355 e. The number of thiazole rings is 1. The van der Waals surface area contributed by atoms with E-state index < -0.39 is 14.9 Å². The topological polar surface area (TPSA) is 139 Å². The predicted octanol–water partition coefficient (Wildman–Crippen LogP) is 1.26. The molecule has 0 aliphatic rings. The van der Waals surface area contributed by atoms with Crippen molar-refractivity contribution in [2.45, 2.75) is 24.8 Å². The zero-order chi connectivity index (χ0) is 20.6. The van der Waals surface area contributed by atoms with Gasteiger partial charge in [0.15, 0.2) is 5.96 Å². The van der Waals surface area contributed by atoms with Crippen molar-refractivity contribution in [1.82, 2.24) is 20.3 Å². The zero-order valence-electron chi connectivity index (χ0n) is 15.5. The summed E-state index contributed by atoms with van der Waals surface area (Å²) in [7, 11) is -2.23. The fraction of sp³-hybridized carbons (Fsp3) is 0.375. The van der Waals surface area contributed by atoms with Crippen LogP contribution in [0.3, 0.4) is 0 Å². The summed E-state index contributed by atoms with van der Waals surface area (Å²) in [6, 6.07) is 4.90. The number of aliphatic imine (C=N–C) groups is 1. The number of rotatable bonds is 9. The molecule has 0 aliphatic heterocycles. The van der Waals surface area contributed by atoms with Gasteiger partial charge in [-0.1, -0.05) is 13.0 Å². The van der Waals surface area contributed by atoms with Gasteiger partial charge in [-0.15, -0.1) is 11.3 Å². The van der Waals surface area contributed by atoms with E-state index in [9.17, 15) is 18.5 Å². The summed E-state index contributed by atoms with van der Waals surface area (Å²) >= 11 is 1.62. The second kappa shape index (κ2) is 10.1. The molecule has 1 aromatic carbocycles. The molecule has 0 saturated heterocycles. The number of nitro groups is 1. The first kappa shape index (κ1) is 21.7. The molecule has 0 amide bonds. The molecule has 28 heavy (non-hydrogen) atoms. The Morgan fingerprint density at radius 1 is 1.32 bits per heavy atom. The number of guanidine groups is 1. The van der Waals surface area contributed by atoms with Gasteiger partial charge in [-0.25, -0.2) is 18.1 Å². The van der Waals surface area contributed by atoms with E-state index in [0.29, 0.717) is 12.5 Å². The maximum Gasteiger partial charge on any atom is 0.270 e. The van der Waals surface area contributed by atoms with Gasteiger partial charge < -0.3 is 10.6 Å². The van der Waals surface area contributed by atoms with E-state index in [-0.39, 0.29) is 23.7 Å². The van der Waals surface area contributed by atoms with Crippen molar-refractivity contribution in [2.75, 3.05) is 20.1 Å². The number of hydrogen-bond donors (Lipinski definition) is 3. The van der Waals surface area contributed by atoms with Crippen molar-refractivity contribution in [3.05, 3.63) is 50.5 Å². The van der Waals surface area contributed by atoms with Crippen molar-refractivity contribution < 1.29 is 13.3 Å². The van der Waals surface area contributed by atoms with Crippen molar-refractivity contribution in [3.8, 4) is 0 Å². The molecule has 2 rings (SSSR count). The highest BCUT2D eigenvalue weighted by Gasteiger charge is 2.17. The summed E-state index contributed by atoms with van der Waals surface area (Å²) in [6.07, 6.45) is 2.79. The molecule has 2 aromatic rings. The second-order valence-corrected chi connectivity index (χ2v) is 8.55. The summed E-state index contributed by atoms with van der Waals surface area (Å²) in [5.41, 5.74) is -0.279. The minimum absolute atomic E-state index is 0.0863. The summed E-state index contributed by atoms with van der Waals surface area (Å²) in [4.78, 5) is 19.6. The van der Waals surface area contributed by atoms with Gasteiger partial charge in [0.1, 0.15) is 5.01 Å². The van der Waals surface area contributed by atoms with Crippen molar-refractivity contribution in [3.63, 3.8) is 0 Å². The molecule has 0 fully saturated rings. The molecule has 10 nitrogen and oxygen atoms in total. The first-order valence-electron chi connectivity index (χ1n) is 8.48. The molecule has 0 spiro atoms. The normalized spacial score (nSPS) is 12.0. The van der Waals surface area contributed by atoms with E-state index in [4.69, 9.17) is 0 Å². The lowest BCUT2D eigenvalue weighted by molar-refractivity contribution is -0.385. The van der Waals surface area contributed by atoms with E-state index in [0.717, 1.165) is 17.5 Å². The fourth-order valence-electron chi connectivity index (χ4n) is 2.19. The summed E-state index contributed by atoms with van der Waals surface area (Å²) in [6.45, 7) is 2.96. The third-order valence-electron chi connectivity index (χ3n) is 3.63. The molecule has 1 aromatic heterocycles. The van der Waals surface area contributed by atoms with E-state index in [1.165, 1.54) is 23.1 Å². The lowest BCUT2D eigenvalue weighted by Gasteiger charge is -2.11. The Balaban J connectivity index is 1.81. The SMILES string of the molecule is CCc1cnc(CNC(=NC)NCCNS(=O)(=O)c2cccc([N+](=O)[O-])c2)s1. The van der Waals surface area contributed by atoms with Gasteiger partial charge >= 0.3 is 0 Å². The van der Waals surface area contributed by atoms with Gasteiger partial charge in [0.2, 0.25) is 10.0 Å². The van der Waals surface area contributed by atoms with Crippen LogP contribution in [0.15, 0.2) is 40.4 Å². The summed E-state index contributed by atoms with van der Waals surface area (Å²) in [5.74, 6) is 0.516. The predicted molar refractivity (Wildman–Crippen MR) is 108 cm³/mol. The third-order valence-corrected chi connectivity index (χ3v) is 6.23. The number of nitrogens with one attached hydrogen (secondary N) is 3. The highest BCUT2D eigenvalue weighted by molar-refractivity contribution is 7.89. The van der Waals surface area contributed by atoms with Crippen LogP contribution in [0.4, 0.5) is 5.69 Å². The Morgan fingerprint density at radius 2 is 2.11 bits per heavy atom. The monoisotopic (exact) mass is 426 g/mol. The van der Waals surface area contributed by atoms with Crippen LogP contribution in [-0.2, 0) is 23.0 Å². The van der Waals surface area contributed by atoms with Crippen molar-refractivity contribution in [2.24, 2.45) is 4.99 Å². The fourth-order valence-corrected chi connectivity index (χ4v) is 4.06. The molecule has 0 aliphatic carbocycles. The number of sulfonamides is 1. The molecule has 1 heterocycles. The van der Waals surface area contributed by atoms with Crippen LogP contribution in [0.1, 0.15) is 16.8 Å². The Labute approximate surface area is 167 Å². The number of non-ortho nitro benzene ring substituents is 1. The van der Waals surface area contributed by atoms with Crippen LogP contribution in [0.2, 0.25) is 0 Å². The first-order valence-corrected chi connectivity index (χ1v) is 10.8. The van der Waals surface area contributed by atoms with Gasteiger partial charge in [0.25, 0.3) is 5.69 Å². The molecule has 0 atom stereocenters. The van der Waals surface area contributed by atoms with Crippen LogP contribution >= 0.6 is 11.3 Å². The Hall–Kier alpha value is -2.57. The van der Waals surface area contributed by atoms with Gasteiger partial charge in [0.05, 0.1) is 16.4 Å². The average Bonchev–Trinajstić information content (AvgIpc) is 3.15. The minimum atomic E-state index is -3.84. The van der Waals surface area contributed by atoms with Crippen LogP contribution in [-0.4, -0.2) is 44.4 Å². The maximum absolute atomic E-state index is 12.2. The van der Waals surface area contributed by atoms with Crippen LogP contribution in [0.5, 0.6) is 0 Å². The number of aromatic nitrogens is 1. The molecule has 0 bridgehead atoms. The molecule has 3 N–H and O–H groups in total. The second-order valence-electron chi connectivity index (χ2n) is 5.58. The largest absolute Gasteiger partial charge is 0.355 e. The zero-order valence-corrected chi connectivity index (χ0v) is 17.1. The standard InChI is InChI=1S/C16H22N6O4S2/c1-3-13-10-19-15(27-13)11-20-16(17-2)18-7-8-21-28(25,26)14-6-4-5-12(9-14)22(23)24/h4-6,9-10,21H,3,7-8,11H2,1-2H3,(H2,17,18,20). The Kier molecular flexibility index (Phi) is 7.84. The lowest BCUT2D eigenvalue weighted by atomic mass is 10.3. The van der Waals surface area contributed by atoms with Gasteiger partial charge in [-0.2, -0.15) is 0 Å². The van der Waals surface area contributed by atoms with E-state index in [1.54, 1.807) is 18.4 Å². The van der Waals surface area contributed by atoms with Crippen molar-refractivity contribution >= 4 is 33.0 Å². The number of nitrogens with zero attached hydrogens (tertiary/aromatic N) is 3. The van der Waals surface area contributed by atoms with Crippen LogP contribution in [0.25, 0.3) is 0 Å². The molecule has 152 valence electrons. The molecular weight excluding hydrogens is 404 g/mol. The average molecular weight is 427 g/mol. The maximum atomic E-state index is 12.2. The van der Waals surface area contributed by atoms with Gasteiger partial charge in [-0.3, -0.25) is 15.1 Å². The molecule has 0 saturated carbocycles. The van der Waals surface area contributed by atoms with E-state index >= 15 is 0 Å². The van der Waals surface area contributed by atoms with Crippen LogP contribution in [0, 0.1) is 10.1 Å². The number of benzene rings is 1. The lowest BCUT2D eigenvalue weighted by Crippen LogP contribution is -2.41. The molecule has 0 unspecified atom stereocenters. The highest BCUT2D eigenvalue weighted by Crippen LogP contribution is 2.17. The number of aryl methyl sites for hydroxylation is 1. The van der Waals surface area contributed by atoms with Crippen molar-refractivity contribution in [1.29, 1.82) is 0 Å². The van der Waals surface area contributed by atoms with Gasteiger partial charge in [0, 0.05) is 43.3 Å². The quantitative estimate of drug-likeness (QED) is 0.180. The van der Waals surface area contributed by atoms with E-state index in [2.05, 4.69) is 32.3 Å². The Morgan fingerprint density at radius 3 is 2.75 bits per heavy atom. The molecule has 12 heteroatoms. The van der Waals surface area contributed by atoms with Crippen LogP contribution < -0.4 is 15.4 Å². The Bertz CT molecular complexity index is 942. The summed E-state index contributed by atoms with van der Waals surface area (Å²) in [5, 5.41) is 17.8. The number of hydrogen-bond acceptors (Lipinski definition) is 7. The highest BCUT2D eigenvalue weighted by atomic mass is 32.2. The molecule has 0 radical (unpaired) electrons. The van der Waals surface area contributed by atoms with Gasteiger partial charge in [-0.05, 0) is 12.5 Å². The van der Waals surface area contributed by atoms with E-state index in [1.807, 2.05) is 6.20 Å². The first-order chi connectivity index (χ1) is 13.4.